The Morgan fingerprint density at radius 1 is 1.29 bits per heavy atom. The van der Waals surface area contributed by atoms with Crippen molar-refractivity contribution in [3.05, 3.63) is 12.2 Å². The van der Waals surface area contributed by atoms with Crippen LogP contribution in [0.25, 0.3) is 0 Å². The van der Waals surface area contributed by atoms with E-state index in [1.165, 1.54) is 11.0 Å². The maximum atomic E-state index is 11.9. The SMILES string of the molecule is C/C=C\C(=O)N(C=O)CCCCCC(=O)N1CCC(C)C1. The van der Waals surface area contributed by atoms with Gasteiger partial charge in [0.05, 0.1) is 0 Å². The first-order valence-electron chi connectivity index (χ1n) is 7.74. The van der Waals surface area contributed by atoms with Gasteiger partial charge in [-0.1, -0.05) is 19.4 Å². The first kappa shape index (κ1) is 17.4. The van der Waals surface area contributed by atoms with Gasteiger partial charge < -0.3 is 4.90 Å². The maximum Gasteiger partial charge on any atom is 0.252 e. The maximum absolute atomic E-state index is 11.9. The predicted octanol–water partition coefficient (Wildman–Crippen LogP) is 1.98. The van der Waals surface area contributed by atoms with E-state index < -0.39 is 0 Å². The molecule has 1 fully saturated rings. The summed E-state index contributed by atoms with van der Waals surface area (Å²) in [5, 5.41) is 0. The lowest BCUT2D eigenvalue weighted by Gasteiger charge is -2.16. The topological polar surface area (TPSA) is 57.7 Å². The number of nitrogens with zero attached hydrogens (tertiary/aromatic N) is 2. The van der Waals surface area contributed by atoms with Crippen molar-refractivity contribution in [3.8, 4) is 0 Å². The first-order valence-corrected chi connectivity index (χ1v) is 7.74. The molecular weight excluding hydrogens is 268 g/mol. The Hall–Kier alpha value is -1.65. The standard InChI is InChI=1S/C16H26N2O3/c1-3-7-15(20)18(13-19)10-6-4-5-8-16(21)17-11-9-14(2)12-17/h3,7,13-14H,4-6,8-12H2,1-2H3/b7-3-. The zero-order valence-corrected chi connectivity index (χ0v) is 13.1. The van der Waals surface area contributed by atoms with Crippen molar-refractivity contribution in [1.82, 2.24) is 9.80 Å². The third kappa shape index (κ3) is 6.10. The van der Waals surface area contributed by atoms with Crippen LogP contribution in [-0.4, -0.2) is 47.7 Å². The fraction of sp³-hybridized carbons (Fsp3) is 0.688. The van der Waals surface area contributed by atoms with Crippen LogP contribution >= 0.6 is 0 Å². The molecule has 1 aliphatic rings. The Kier molecular flexibility index (Phi) is 7.72. The lowest BCUT2D eigenvalue weighted by Crippen LogP contribution is -2.29. The van der Waals surface area contributed by atoms with Gasteiger partial charge in [0, 0.05) is 26.1 Å². The molecule has 0 spiro atoms. The summed E-state index contributed by atoms with van der Waals surface area (Å²) in [6.45, 7) is 6.10. The molecule has 1 atom stereocenters. The van der Waals surface area contributed by atoms with E-state index in [-0.39, 0.29) is 11.8 Å². The number of rotatable bonds is 8. The Bertz CT molecular complexity index is 393. The minimum absolute atomic E-state index is 0.233. The van der Waals surface area contributed by atoms with Gasteiger partial charge in [0.25, 0.3) is 5.91 Å². The van der Waals surface area contributed by atoms with Gasteiger partial charge >= 0.3 is 0 Å². The Morgan fingerprint density at radius 2 is 2.05 bits per heavy atom. The zero-order chi connectivity index (χ0) is 15.7. The average molecular weight is 294 g/mol. The first-order chi connectivity index (χ1) is 10.1. The number of likely N-dealkylation sites (tertiary alicyclic amines) is 1. The number of carbonyl (C=O) groups excluding carboxylic acids is 3. The summed E-state index contributed by atoms with van der Waals surface area (Å²) in [7, 11) is 0. The highest BCUT2D eigenvalue weighted by atomic mass is 16.2. The average Bonchev–Trinajstić information content (AvgIpc) is 2.89. The lowest BCUT2D eigenvalue weighted by molar-refractivity contribution is -0.134. The number of carbonyl (C=O) groups is 3. The molecule has 1 rings (SSSR count). The fourth-order valence-corrected chi connectivity index (χ4v) is 2.51. The van der Waals surface area contributed by atoms with Gasteiger partial charge in [0.2, 0.25) is 12.3 Å². The minimum atomic E-state index is -0.283. The van der Waals surface area contributed by atoms with E-state index in [0.29, 0.717) is 25.3 Å². The molecule has 3 amide bonds. The Morgan fingerprint density at radius 3 is 2.62 bits per heavy atom. The molecule has 5 heteroatoms. The molecule has 1 saturated heterocycles. The molecule has 0 aromatic rings. The Balaban J connectivity index is 2.14. The molecule has 5 nitrogen and oxygen atoms in total. The van der Waals surface area contributed by atoms with Gasteiger partial charge in [-0.25, -0.2) is 0 Å². The summed E-state index contributed by atoms with van der Waals surface area (Å²) in [5.41, 5.74) is 0. The molecule has 0 radical (unpaired) electrons. The quantitative estimate of drug-likeness (QED) is 0.391. The second kappa shape index (κ2) is 9.32. The van der Waals surface area contributed by atoms with E-state index in [1.54, 1.807) is 13.0 Å². The lowest BCUT2D eigenvalue weighted by atomic mass is 10.1. The van der Waals surface area contributed by atoms with Gasteiger partial charge in [-0.05, 0) is 38.2 Å². The summed E-state index contributed by atoms with van der Waals surface area (Å²) in [4.78, 5) is 37.4. The molecule has 1 aliphatic heterocycles. The normalized spacial score (nSPS) is 18.2. The highest BCUT2D eigenvalue weighted by Crippen LogP contribution is 2.16. The van der Waals surface area contributed by atoms with E-state index in [9.17, 15) is 14.4 Å². The van der Waals surface area contributed by atoms with Crippen molar-refractivity contribution in [1.29, 1.82) is 0 Å². The van der Waals surface area contributed by atoms with Crippen molar-refractivity contribution < 1.29 is 14.4 Å². The number of allylic oxidation sites excluding steroid dienone is 1. The molecule has 0 bridgehead atoms. The van der Waals surface area contributed by atoms with Crippen molar-refractivity contribution in [2.75, 3.05) is 19.6 Å². The van der Waals surface area contributed by atoms with E-state index in [0.717, 1.165) is 38.8 Å². The molecule has 21 heavy (non-hydrogen) atoms. The third-order valence-electron chi connectivity index (χ3n) is 3.79. The summed E-state index contributed by atoms with van der Waals surface area (Å²) in [5.74, 6) is 0.568. The van der Waals surface area contributed by atoms with Crippen LogP contribution in [0.2, 0.25) is 0 Å². The molecule has 118 valence electrons. The number of hydrogen-bond donors (Lipinski definition) is 0. The van der Waals surface area contributed by atoms with Crippen molar-refractivity contribution >= 4 is 18.2 Å². The predicted molar refractivity (Wildman–Crippen MR) is 81.4 cm³/mol. The zero-order valence-electron chi connectivity index (χ0n) is 13.1. The van der Waals surface area contributed by atoms with Crippen LogP contribution < -0.4 is 0 Å². The van der Waals surface area contributed by atoms with Gasteiger partial charge in [-0.3, -0.25) is 19.3 Å². The van der Waals surface area contributed by atoms with Crippen LogP contribution in [0, 0.1) is 5.92 Å². The number of hydrogen-bond acceptors (Lipinski definition) is 3. The van der Waals surface area contributed by atoms with E-state index in [4.69, 9.17) is 0 Å². The van der Waals surface area contributed by atoms with Crippen LogP contribution in [0.5, 0.6) is 0 Å². The Labute approximate surface area is 127 Å². The molecule has 1 unspecified atom stereocenters. The molecule has 1 heterocycles. The molecule has 0 aliphatic carbocycles. The monoisotopic (exact) mass is 294 g/mol. The van der Waals surface area contributed by atoms with Gasteiger partial charge in [-0.15, -0.1) is 0 Å². The number of unbranched alkanes of at least 4 members (excludes halogenated alkanes) is 2. The summed E-state index contributed by atoms with van der Waals surface area (Å²) < 4.78 is 0. The molecule has 0 aromatic carbocycles. The number of amides is 3. The van der Waals surface area contributed by atoms with Gasteiger partial charge in [-0.2, -0.15) is 0 Å². The third-order valence-corrected chi connectivity index (χ3v) is 3.79. The van der Waals surface area contributed by atoms with Crippen LogP contribution in [0.1, 0.15) is 46.0 Å². The second-order valence-electron chi connectivity index (χ2n) is 5.68. The smallest absolute Gasteiger partial charge is 0.252 e. The largest absolute Gasteiger partial charge is 0.342 e. The molecular formula is C16H26N2O3. The molecule has 0 N–H and O–H groups in total. The summed E-state index contributed by atoms with van der Waals surface area (Å²) >= 11 is 0. The van der Waals surface area contributed by atoms with Crippen molar-refractivity contribution in [2.24, 2.45) is 5.92 Å². The van der Waals surface area contributed by atoms with Crippen LogP contribution in [-0.2, 0) is 14.4 Å². The van der Waals surface area contributed by atoms with Crippen LogP contribution in [0.4, 0.5) is 0 Å². The minimum Gasteiger partial charge on any atom is -0.342 e. The van der Waals surface area contributed by atoms with Gasteiger partial charge in [0.1, 0.15) is 0 Å². The summed E-state index contributed by atoms with van der Waals surface area (Å²) in [6, 6.07) is 0. The van der Waals surface area contributed by atoms with Crippen molar-refractivity contribution in [3.63, 3.8) is 0 Å². The molecule has 0 saturated carbocycles. The number of imide groups is 1. The van der Waals surface area contributed by atoms with E-state index in [2.05, 4.69) is 6.92 Å². The highest BCUT2D eigenvalue weighted by Gasteiger charge is 2.22. The fourth-order valence-electron chi connectivity index (χ4n) is 2.51. The second-order valence-corrected chi connectivity index (χ2v) is 5.68. The van der Waals surface area contributed by atoms with E-state index >= 15 is 0 Å². The summed E-state index contributed by atoms with van der Waals surface area (Å²) in [6.07, 6.45) is 7.65. The van der Waals surface area contributed by atoms with Crippen LogP contribution in [0.15, 0.2) is 12.2 Å². The highest BCUT2D eigenvalue weighted by molar-refractivity contribution is 5.94. The molecule has 0 aromatic heterocycles. The van der Waals surface area contributed by atoms with Crippen LogP contribution in [0.3, 0.4) is 0 Å². The van der Waals surface area contributed by atoms with E-state index in [1.807, 2.05) is 4.90 Å². The van der Waals surface area contributed by atoms with Crippen molar-refractivity contribution in [2.45, 2.75) is 46.0 Å². The van der Waals surface area contributed by atoms with Gasteiger partial charge in [0.15, 0.2) is 0 Å².